The van der Waals surface area contributed by atoms with Crippen molar-refractivity contribution in [3.05, 3.63) is 36.0 Å². The summed E-state index contributed by atoms with van der Waals surface area (Å²) in [4.78, 5) is 2.63. The summed E-state index contributed by atoms with van der Waals surface area (Å²) < 4.78 is 14.2. The molecule has 1 aromatic carbocycles. The average molecular weight is 378 g/mol. The third-order valence-electron chi connectivity index (χ3n) is 5.71. The number of hydrogen-bond donors (Lipinski definition) is 2. The van der Waals surface area contributed by atoms with Gasteiger partial charge in [-0.2, -0.15) is 0 Å². The molecule has 3 aliphatic heterocycles. The molecule has 0 radical (unpaired) electrons. The van der Waals surface area contributed by atoms with Crippen molar-refractivity contribution in [2.24, 2.45) is 0 Å². The summed E-state index contributed by atoms with van der Waals surface area (Å²) in [7, 11) is 0. The van der Waals surface area contributed by atoms with Crippen molar-refractivity contribution in [1.29, 1.82) is 0 Å². The normalized spacial score (nSPS) is 25.9. The van der Waals surface area contributed by atoms with Crippen molar-refractivity contribution in [2.75, 3.05) is 26.3 Å². The Labute approximate surface area is 158 Å². The number of nitrogens with zero attached hydrogens (tertiary/aromatic N) is 4. The van der Waals surface area contributed by atoms with Gasteiger partial charge in [-0.15, -0.1) is 5.10 Å². The molecule has 2 N–H and O–H groups in total. The van der Waals surface area contributed by atoms with E-state index in [1.54, 1.807) is 0 Å². The Bertz CT molecular complexity index is 720. The van der Waals surface area contributed by atoms with Gasteiger partial charge in [-0.25, -0.2) is 4.68 Å². The fraction of sp³-hybridized carbons (Fsp3) is 0.556. The third kappa shape index (κ3) is 3.25. The standard InChI is InChI=1S/C18H23N5O.ClHO/c1-2-4-13(5-3-1)18-16-10-19-15-11-22(14-6-8-24-9-7-14)12-17(15)23(16)21-20-18;1-2/h1-5,14-15,17,19H,6-12H2;2H. The number of ether oxygens (including phenoxy) is 1. The first-order valence-electron chi connectivity index (χ1n) is 9.12. The molecule has 2 unspecified atom stereocenters. The molecular weight excluding hydrogens is 354 g/mol. The minimum atomic E-state index is 0.390. The number of halogens is 1. The van der Waals surface area contributed by atoms with E-state index < -0.39 is 0 Å². The predicted molar refractivity (Wildman–Crippen MR) is 98.6 cm³/mol. The van der Waals surface area contributed by atoms with Gasteiger partial charge in [-0.3, -0.25) is 9.56 Å². The number of rotatable bonds is 2. The molecule has 2 saturated heterocycles. The lowest BCUT2D eigenvalue weighted by Gasteiger charge is -2.30. The lowest BCUT2D eigenvalue weighted by atomic mass is 10.1. The van der Waals surface area contributed by atoms with Crippen molar-refractivity contribution in [3.63, 3.8) is 0 Å². The van der Waals surface area contributed by atoms with E-state index in [0.29, 0.717) is 18.1 Å². The van der Waals surface area contributed by atoms with Gasteiger partial charge in [-0.05, 0) is 12.8 Å². The first-order chi connectivity index (χ1) is 12.9. The zero-order valence-corrected chi connectivity index (χ0v) is 15.3. The highest BCUT2D eigenvalue weighted by Gasteiger charge is 2.41. The van der Waals surface area contributed by atoms with Gasteiger partial charge in [0, 0.05) is 50.5 Å². The van der Waals surface area contributed by atoms with Gasteiger partial charge >= 0.3 is 0 Å². The van der Waals surface area contributed by atoms with Crippen LogP contribution in [0, 0.1) is 0 Å². The van der Waals surface area contributed by atoms with Crippen LogP contribution in [0.2, 0.25) is 0 Å². The van der Waals surface area contributed by atoms with E-state index in [1.165, 1.54) is 5.69 Å². The number of nitrogens with one attached hydrogen (secondary N) is 1. The predicted octanol–water partition coefficient (Wildman–Crippen LogP) is 1.59. The van der Waals surface area contributed by atoms with Crippen LogP contribution >= 0.6 is 11.9 Å². The topological polar surface area (TPSA) is 75.4 Å². The van der Waals surface area contributed by atoms with Gasteiger partial charge in [0.25, 0.3) is 0 Å². The highest BCUT2D eigenvalue weighted by Crippen LogP contribution is 2.33. The third-order valence-corrected chi connectivity index (χ3v) is 5.71. The number of aromatic nitrogens is 3. The second-order valence-corrected chi connectivity index (χ2v) is 7.05. The molecular formula is C18H24ClN5O2. The number of hydrogen-bond acceptors (Lipinski definition) is 6. The largest absolute Gasteiger partial charge is 0.381 e. The summed E-state index contributed by atoms with van der Waals surface area (Å²) >= 11 is 3.64. The van der Waals surface area contributed by atoms with E-state index in [2.05, 4.69) is 61.3 Å². The zero-order chi connectivity index (χ0) is 17.9. The molecule has 2 aromatic rings. The molecule has 7 nitrogen and oxygen atoms in total. The van der Waals surface area contributed by atoms with Crippen LogP contribution in [0.4, 0.5) is 0 Å². The lowest BCUT2D eigenvalue weighted by Crippen LogP contribution is -2.43. The van der Waals surface area contributed by atoms with Gasteiger partial charge in [0.1, 0.15) is 5.69 Å². The Kier molecular flexibility index (Phi) is 5.52. The fourth-order valence-electron chi connectivity index (χ4n) is 4.41. The second-order valence-electron chi connectivity index (χ2n) is 7.05. The molecule has 2 atom stereocenters. The van der Waals surface area contributed by atoms with Crippen molar-refractivity contribution in [1.82, 2.24) is 25.2 Å². The zero-order valence-electron chi connectivity index (χ0n) is 14.6. The molecule has 5 rings (SSSR count). The smallest absolute Gasteiger partial charge is 0.117 e. The highest BCUT2D eigenvalue weighted by molar-refractivity contribution is 6.04. The monoisotopic (exact) mass is 377 g/mol. The van der Waals surface area contributed by atoms with E-state index in [-0.39, 0.29) is 0 Å². The number of fused-ring (bicyclic) bond motifs is 3. The quantitative estimate of drug-likeness (QED) is 0.827. The molecule has 1 aromatic heterocycles. The summed E-state index contributed by atoms with van der Waals surface area (Å²) in [6, 6.07) is 11.9. The molecule has 0 saturated carbocycles. The minimum absolute atomic E-state index is 0.390. The number of benzene rings is 1. The van der Waals surface area contributed by atoms with Gasteiger partial charge in [0.15, 0.2) is 0 Å². The molecule has 4 heterocycles. The molecule has 0 spiro atoms. The van der Waals surface area contributed by atoms with Crippen molar-refractivity contribution in [2.45, 2.75) is 37.5 Å². The number of likely N-dealkylation sites (tertiary alicyclic amines) is 1. The van der Waals surface area contributed by atoms with Crippen LogP contribution in [0.3, 0.4) is 0 Å². The van der Waals surface area contributed by atoms with E-state index in [4.69, 9.17) is 9.40 Å². The maximum Gasteiger partial charge on any atom is 0.117 e. The Morgan fingerprint density at radius 2 is 1.88 bits per heavy atom. The summed E-state index contributed by atoms with van der Waals surface area (Å²) in [6.45, 7) is 4.82. The molecule has 0 bridgehead atoms. The van der Waals surface area contributed by atoms with Crippen LogP contribution in [-0.4, -0.2) is 62.9 Å². The fourth-order valence-corrected chi connectivity index (χ4v) is 4.41. The van der Waals surface area contributed by atoms with Crippen LogP contribution in [0.5, 0.6) is 0 Å². The van der Waals surface area contributed by atoms with Gasteiger partial charge in [-0.1, -0.05) is 35.5 Å². The van der Waals surface area contributed by atoms with Crippen LogP contribution < -0.4 is 5.32 Å². The summed E-state index contributed by atoms with van der Waals surface area (Å²) in [6.07, 6.45) is 2.30. The van der Waals surface area contributed by atoms with E-state index in [1.807, 2.05) is 6.07 Å². The van der Waals surface area contributed by atoms with E-state index >= 15 is 0 Å². The first kappa shape index (κ1) is 17.9. The molecule has 0 aliphatic carbocycles. The summed E-state index contributed by atoms with van der Waals surface area (Å²) in [5, 5.41) is 12.8. The second kappa shape index (κ2) is 8.02. The van der Waals surface area contributed by atoms with Gasteiger partial charge in [0.2, 0.25) is 0 Å². The Hall–Kier alpha value is -1.51. The maximum absolute atomic E-state index is 6.47. The Morgan fingerprint density at radius 3 is 2.65 bits per heavy atom. The van der Waals surface area contributed by atoms with Crippen LogP contribution in [0.25, 0.3) is 11.3 Å². The van der Waals surface area contributed by atoms with Crippen molar-refractivity contribution in [3.8, 4) is 11.3 Å². The Morgan fingerprint density at radius 1 is 1.12 bits per heavy atom. The summed E-state index contributed by atoms with van der Waals surface area (Å²) in [5.41, 5.74) is 3.39. The maximum atomic E-state index is 6.47. The van der Waals surface area contributed by atoms with Gasteiger partial charge < -0.3 is 10.1 Å². The van der Waals surface area contributed by atoms with Crippen molar-refractivity contribution < 1.29 is 9.40 Å². The lowest BCUT2D eigenvalue weighted by molar-refractivity contribution is 0.0408. The van der Waals surface area contributed by atoms with Crippen LogP contribution in [0.15, 0.2) is 30.3 Å². The first-order valence-corrected chi connectivity index (χ1v) is 9.45. The molecule has 8 heteroatoms. The SMILES string of the molecule is OCl.c1ccc(-c2nnn3c2CNC2CN(C4CCOCC4)CC23)cc1. The molecule has 0 amide bonds. The minimum Gasteiger partial charge on any atom is -0.381 e. The average Bonchev–Trinajstić information content (AvgIpc) is 3.35. The van der Waals surface area contributed by atoms with Crippen LogP contribution in [-0.2, 0) is 11.3 Å². The van der Waals surface area contributed by atoms with Crippen molar-refractivity contribution >= 4 is 11.9 Å². The summed E-state index contributed by atoms with van der Waals surface area (Å²) in [5.74, 6) is 0. The van der Waals surface area contributed by atoms with E-state index in [9.17, 15) is 0 Å². The molecule has 140 valence electrons. The van der Waals surface area contributed by atoms with Gasteiger partial charge in [0.05, 0.1) is 23.6 Å². The van der Waals surface area contributed by atoms with Crippen LogP contribution in [0.1, 0.15) is 24.6 Å². The molecule has 2 fully saturated rings. The highest BCUT2D eigenvalue weighted by atomic mass is 35.5. The molecule has 26 heavy (non-hydrogen) atoms. The Balaban J connectivity index is 0.000000814. The molecule has 3 aliphatic rings. The van der Waals surface area contributed by atoms with E-state index in [0.717, 1.165) is 56.9 Å².